The molecule has 0 saturated heterocycles. The molecule has 1 aromatic heterocycles. The van der Waals surface area contributed by atoms with Crippen molar-refractivity contribution in [1.82, 2.24) is 9.55 Å². The van der Waals surface area contributed by atoms with Crippen LogP contribution in [-0.2, 0) is 16.0 Å². The van der Waals surface area contributed by atoms with Crippen molar-refractivity contribution < 1.29 is 9.47 Å². The van der Waals surface area contributed by atoms with Crippen LogP contribution < -0.4 is 0 Å². The van der Waals surface area contributed by atoms with Crippen LogP contribution in [0.5, 0.6) is 0 Å². The topological polar surface area (TPSA) is 36.3 Å². The summed E-state index contributed by atoms with van der Waals surface area (Å²) in [5.74, 6) is 2.39. The molecule has 0 spiro atoms. The second-order valence-electron chi connectivity index (χ2n) is 2.67. The molecule has 0 aromatic carbocycles. The van der Waals surface area contributed by atoms with Gasteiger partial charge in [0.15, 0.2) is 0 Å². The highest BCUT2D eigenvalue weighted by atomic mass is 16.5. The monoisotopic (exact) mass is 194 g/mol. The first-order chi connectivity index (χ1) is 6.93. The Kier molecular flexibility index (Phi) is 5.48. The van der Waals surface area contributed by atoms with Gasteiger partial charge >= 0.3 is 0 Å². The fraction of sp³-hybridized carbons (Fsp3) is 0.500. The largest absolute Gasteiger partial charge is 0.377 e. The molecule has 0 aliphatic carbocycles. The van der Waals surface area contributed by atoms with Crippen molar-refractivity contribution in [3.63, 3.8) is 0 Å². The van der Waals surface area contributed by atoms with Gasteiger partial charge in [0.25, 0.3) is 0 Å². The molecule has 0 bridgehead atoms. The highest BCUT2D eigenvalue weighted by Gasteiger charge is 1.90. The number of terminal acetylenes is 1. The third kappa shape index (κ3) is 4.65. The summed E-state index contributed by atoms with van der Waals surface area (Å²) in [7, 11) is 0. The lowest BCUT2D eigenvalue weighted by atomic mass is 10.6. The maximum Gasteiger partial charge on any atom is 0.107 e. The molecule has 0 unspecified atom stereocenters. The number of hydrogen-bond donors (Lipinski definition) is 0. The second kappa shape index (κ2) is 7.13. The van der Waals surface area contributed by atoms with Gasteiger partial charge in [0.2, 0.25) is 0 Å². The lowest BCUT2D eigenvalue weighted by molar-refractivity contribution is 0.0566. The van der Waals surface area contributed by atoms with E-state index >= 15 is 0 Å². The molecule has 0 fully saturated rings. The molecule has 0 aliphatic rings. The summed E-state index contributed by atoms with van der Waals surface area (Å²) in [6, 6.07) is 0. The maximum atomic E-state index is 5.31. The van der Waals surface area contributed by atoms with Crippen LogP contribution in [0.15, 0.2) is 18.7 Å². The Labute approximate surface area is 83.9 Å². The van der Waals surface area contributed by atoms with E-state index in [1.54, 1.807) is 12.5 Å². The lowest BCUT2D eigenvalue weighted by Gasteiger charge is -2.04. The zero-order valence-electron chi connectivity index (χ0n) is 8.06. The van der Waals surface area contributed by atoms with Crippen molar-refractivity contribution >= 4 is 0 Å². The lowest BCUT2D eigenvalue weighted by Crippen LogP contribution is -2.09. The molecule has 0 aliphatic heterocycles. The summed E-state index contributed by atoms with van der Waals surface area (Å²) < 4.78 is 12.3. The van der Waals surface area contributed by atoms with Crippen LogP contribution in [0.1, 0.15) is 0 Å². The number of ether oxygens (including phenoxy) is 2. The Balaban J connectivity index is 1.88. The molecule has 0 saturated carbocycles. The normalized spacial score (nSPS) is 9.93. The van der Waals surface area contributed by atoms with Crippen molar-refractivity contribution in [2.75, 3.05) is 26.4 Å². The predicted molar refractivity (Wildman–Crippen MR) is 52.7 cm³/mol. The molecule has 0 atom stereocenters. The van der Waals surface area contributed by atoms with E-state index in [-0.39, 0.29) is 0 Å². The van der Waals surface area contributed by atoms with Crippen molar-refractivity contribution in [3.8, 4) is 12.3 Å². The van der Waals surface area contributed by atoms with E-state index in [9.17, 15) is 0 Å². The van der Waals surface area contributed by atoms with E-state index in [1.165, 1.54) is 0 Å². The maximum absolute atomic E-state index is 5.31. The Morgan fingerprint density at radius 1 is 1.29 bits per heavy atom. The third-order valence-electron chi connectivity index (χ3n) is 1.61. The Bertz CT molecular complexity index is 264. The van der Waals surface area contributed by atoms with Crippen molar-refractivity contribution in [2.45, 2.75) is 6.54 Å². The first-order valence-corrected chi connectivity index (χ1v) is 4.48. The van der Waals surface area contributed by atoms with Gasteiger partial charge in [0, 0.05) is 18.9 Å². The fourth-order valence-corrected chi connectivity index (χ4v) is 0.940. The minimum absolute atomic E-state index is 0.352. The number of nitrogens with zero attached hydrogens (tertiary/aromatic N) is 2. The van der Waals surface area contributed by atoms with E-state index in [4.69, 9.17) is 15.9 Å². The minimum atomic E-state index is 0.352. The summed E-state index contributed by atoms with van der Waals surface area (Å²) in [5.41, 5.74) is 0. The van der Waals surface area contributed by atoms with E-state index in [2.05, 4.69) is 10.9 Å². The van der Waals surface area contributed by atoms with E-state index in [0.717, 1.165) is 6.54 Å². The Morgan fingerprint density at radius 2 is 2.14 bits per heavy atom. The van der Waals surface area contributed by atoms with Crippen LogP contribution in [0.2, 0.25) is 0 Å². The van der Waals surface area contributed by atoms with Gasteiger partial charge in [-0.15, -0.1) is 6.42 Å². The van der Waals surface area contributed by atoms with E-state index < -0.39 is 0 Å². The number of rotatable bonds is 7. The highest BCUT2D eigenvalue weighted by Crippen LogP contribution is 1.86. The average molecular weight is 194 g/mol. The second-order valence-corrected chi connectivity index (χ2v) is 2.67. The number of hydrogen-bond acceptors (Lipinski definition) is 3. The highest BCUT2D eigenvalue weighted by molar-refractivity contribution is 4.82. The van der Waals surface area contributed by atoms with Crippen LogP contribution in [0.25, 0.3) is 0 Å². The van der Waals surface area contributed by atoms with Gasteiger partial charge in [-0.05, 0) is 0 Å². The van der Waals surface area contributed by atoms with Gasteiger partial charge in [0.05, 0.1) is 26.1 Å². The van der Waals surface area contributed by atoms with Crippen molar-refractivity contribution in [1.29, 1.82) is 0 Å². The minimum Gasteiger partial charge on any atom is -0.377 e. The smallest absolute Gasteiger partial charge is 0.107 e. The van der Waals surface area contributed by atoms with Crippen LogP contribution in [0, 0.1) is 12.3 Å². The van der Waals surface area contributed by atoms with Gasteiger partial charge in [-0.1, -0.05) is 5.92 Å². The predicted octanol–water partition coefficient (Wildman–Crippen LogP) is 0.549. The molecule has 0 N–H and O–H groups in total. The molecule has 1 rings (SSSR count). The molecule has 14 heavy (non-hydrogen) atoms. The summed E-state index contributed by atoms with van der Waals surface area (Å²) in [6.07, 6.45) is 10.4. The quantitative estimate of drug-likeness (QED) is 0.470. The van der Waals surface area contributed by atoms with Crippen LogP contribution in [0.3, 0.4) is 0 Å². The first-order valence-electron chi connectivity index (χ1n) is 4.48. The van der Waals surface area contributed by atoms with Gasteiger partial charge < -0.3 is 14.0 Å². The summed E-state index contributed by atoms with van der Waals surface area (Å²) in [4.78, 5) is 3.92. The molecule has 1 heterocycles. The molecule has 76 valence electrons. The van der Waals surface area contributed by atoms with Crippen molar-refractivity contribution in [3.05, 3.63) is 18.7 Å². The summed E-state index contributed by atoms with van der Waals surface area (Å²) in [5, 5.41) is 0. The van der Waals surface area contributed by atoms with Crippen LogP contribution in [-0.4, -0.2) is 36.0 Å². The van der Waals surface area contributed by atoms with Gasteiger partial charge in [-0.3, -0.25) is 0 Å². The standard InChI is InChI=1S/C10H14N2O2/c1-2-6-13-8-9-14-7-5-12-4-3-11-10-12/h1,3-4,10H,5-9H2. The Hall–Kier alpha value is -1.31. The summed E-state index contributed by atoms with van der Waals surface area (Å²) >= 11 is 0. The summed E-state index contributed by atoms with van der Waals surface area (Å²) in [6.45, 7) is 2.96. The third-order valence-corrected chi connectivity index (χ3v) is 1.61. The Morgan fingerprint density at radius 3 is 2.86 bits per heavy atom. The molecule has 4 nitrogen and oxygen atoms in total. The molecular weight excluding hydrogens is 180 g/mol. The van der Waals surface area contributed by atoms with Crippen LogP contribution >= 0.6 is 0 Å². The van der Waals surface area contributed by atoms with E-state index in [0.29, 0.717) is 26.4 Å². The van der Waals surface area contributed by atoms with Crippen LogP contribution in [0.4, 0.5) is 0 Å². The fourth-order valence-electron chi connectivity index (χ4n) is 0.940. The number of aromatic nitrogens is 2. The zero-order valence-corrected chi connectivity index (χ0v) is 8.06. The molecule has 1 aromatic rings. The molecular formula is C10H14N2O2. The van der Waals surface area contributed by atoms with Crippen molar-refractivity contribution in [2.24, 2.45) is 0 Å². The molecule has 0 amide bonds. The first kappa shape index (κ1) is 10.8. The SMILES string of the molecule is C#CCOCCOCCn1ccnc1. The molecule has 4 heteroatoms. The van der Waals surface area contributed by atoms with E-state index in [1.807, 2.05) is 10.8 Å². The van der Waals surface area contributed by atoms with Gasteiger partial charge in [-0.25, -0.2) is 4.98 Å². The van der Waals surface area contributed by atoms with Gasteiger partial charge in [-0.2, -0.15) is 0 Å². The number of imidazole rings is 1. The zero-order chi connectivity index (χ0) is 10.1. The molecule has 0 radical (unpaired) electrons. The average Bonchev–Trinajstić information content (AvgIpc) is 2.69. The van der Waals surface area contributed by atoms with Gasteiger partial charge in [0.1, 0.15) is 6.61 Å².